The third-order valence-corrected chi connectivity index (χ3v) is 6.43. The molecule has 1 saturated heterocycles. The minimum Gasteiger partial charge on any atom is -0.380 e. The molecule has 40 heavy (non-hydrogen) atoms. The van der Waals surface area contributed by atoms with Crippen LogP contribution in [-0.4, -0.2) is 79.7 Å². The van der Waals surface area contributed by atoms with Gasteiger partial charge < -0.3 is 26.0 Å². The first-order valence-corrected chi connectivity index (χ1v) is 13.7. The Morgan fingerprint density at radius 3 is 2.23 bits per heavy atom. The second-order valence-electron chi connectivity index (χ2n) is 9.79. The molecule has 220 valence electrons. The molecule has 1 fully saturated rings. The summed E-state index contributed by atoms with van der Waals surface area (Å²) in [6.07, 6.45) is 3.33. The Morgan fingerprint density at radius 2 is 1.60 bits per heavy atom. The van der Waals surface area contributed by atoms with Crippen LogP contribution in [0.15, 0.2) is 24.3 Å². The Hall–Kier alpha value is -3.80. The number of imide groups is 1. The van der Waals surface area contributed by atoms with E-state index in [9.17, 15) is 28.8 Å². The first kappa shape index (κ1) is 32.4. The highest BCUT2D eigenvalue weighted by Gasteiger charge is 2.29. The molecule has 0 spiro atoms. The maximum atomic E-state index is 12.1. The van der Waals surface area contributed by atoms with Crippen LogP contribution in [0.25, 0.3) is 0 Å². The quantitative estimate of drug-likeness (QED) is 0.120. The maximum absolute atomic E-state index is 12.1. The van der Waals surface area contributed by atoms with Crippen molar-refractivity contribution < 1.29 is 33.5 Å². The largest absolute Gasteiger partial charge is 0.380 e. The smallest absolute Gasteiger partial charge is 0.314 e. The van der Waals surface area contributed by atoms with E-state index >= 15 is 0 Å². The summed E-state index contributed by atoms with van der Waals surface area (Å²) in [6.45, 7) is 5.92. The SMILES string of the molecule is CC(=O)C(C)CCCCNC(=O)NCCCOCCNC(=O)CC(=O)Nc1ccc(CC(=O)N2CCC2=O)cc1. The molecule has 1 aliphatic rings. The molecule has 0 saturated carbocycles. The van der Waals surface area contributed by atoms with Crippen LogP contribution < -0.4 is 21.3 Å². The molecule has 12 heteroatoms. The third-order valence-electron chi connectivity index (χ3n) is 6.43. The van der Waals surface area contributed by atoms with E-state index in [2.05, 4.69) is 21.3 Å². The van der Waals surface area contributed by atoms with Crippen molar-refractivity contribution in [3.63, 3.8) is 0 Å². The predicted molar refractivity (Wildman–Crippen MR) is 148 cm³/mol. The van der Waals surface area contributed by atoms with Gasteiger partial charge >= 0.3 is 6.03 Å². The second kappa shape index (κ2) is 17.7. The molecule has 6 amide bonds. The maximum Gasteiger partial charge on any atom is 0.314 e. The second-order valence-corrected chi connectivity index (χ2v) is 9.79. The monoisotopic (exact) mass is 559 g/mol. The van der Waals surface area contributed by atoms with Gasteiger partial charge in [-0.15, -0.1) is 0 Å². The van der Waals surface area contributed by atoms with Crippen LogP contribution in [0.2, 0.25) is 0 Å². The Morgan fingerprint density at radius 1 is 0.900 bits per heavy atom. The lowest BCUT2D eigenvalue weighted by Crippen LogP contribution is -2.48. The number of hydrogen-bond acceptors (Lipinski definition) is 7. The van der Waals surface area contributed by atoms with Crippen molar-refractivity contribution >= 4 is 41.1 Å². The number of nitrogens with zero attached hydrogens (tertiary/aromatic N) is 1. The van der Waals surface area contributed by atoms with Crippen LogP contribution >= 0.6 is 0 Å². The van der Waals surface area contributed by atoms with Gasteiger partial charge in [-0.05, 0) is 43.9 Å². The number of Topliss-reactive ketones (excluding diaryl/α,β-unsaturated/α-hetero) is 1. The minimum absolute atomic E-state index is 0.0622. The third kappa shape index (κ3) is 12.8. The van der Waals surface area contributed by atoms with E-state index in [1.54, 1.807) is 31.2 Å². The van der Waals surface area contributed by atoms with Crippen LogP contribution in [0, 0.1) is 5.92 Å². The summed E-state index contributed by atoms with van der Waals surface area (Å²) >= 11 is 0. The number of β-lactam (4-membered cyclic amide) rings is 1. The Kier molecular flexibility index (Phi) is 14.4. The van der Waals surface area contributed by atoms with E-state index in [1.165, 1.54) is 4.90 Å². The van der Waals surface area contributed by atoms with Crippen molar-refractivity contribution in [2.24, 2.45) is 5.92 Å². The summed E-state index contributed by atoms with van der Waals surface area (Å²) < 4.78 is 5.43. The number of hydrogen-bond donors (Lipinski definition) is 4. The first-order chi connectivity index (χ1) is 19.2. The molecule has 1 atom stereocenters. The summed E-state index contributed by atoms with van der Waals surface area (Å²) in [5.74, 6) is -1.05. The lowest BCUT2D eigenvalue weighted by atomic mass is 10.0. The number of ketones is 1. The van der Waals surface area contributed by atoms with Crippen molar-refractivity contribution in [3.05, 3.63) is 29.8 Å². The number of likely N-dealkylation sites (tertiary alicyclic amines) is 1. The molecular weight excluding hydrogens is 518 g/mol. The number of anilines is 1. The Bertz CT molecular complexity index is 1030. The molecule has 4 N–H and O–H groups in total. The summed E-state index contributed by atoms with van der Waals surface area (Å²) in [7, 11) is 0. The molecule has 0 aromatic heterocycles. The van der Waals surface area contributed by atoms with E-state index in [0.717, 1.165) is 24.8 Å². The molecule has 1 heterocycles. The van der Waals surface area contributed by atoms with E-state index in [0.29, 0.717) is 44.8 Å². The molecule has 1 aromatic carbocycles. The molecule has 1 unspecified atom stereocenters. The Balaban J connectivity index is 1.44. The van der Waals surface area contributed by atoms with Gasteiger partial charge in [0.05, 0.1) is 13.0 Å². The zero-order valence-corrected chi connectivity index (χ0v) is 23.4. The molecule has 1 aliphatic heterocycles. The summed E-state index contributed by atoms with van der Waals surface area (Å²) in [5, 5.41) is 10.8. The van der Waals surface area contributed by atoms with Gasteiger partial charge in [0.15, 0.2) is 0 Å². The topological polar surface area (TPSA) is 163 Å². The van der Waals surface area contributed by atoms with Crippen LogP contribution in [0.1, 0.15) is 57.9 Å². The molecular formula is C28H41N5O7. The molecule has 1 aromatic rings. The number of rotatable bonds is 18. The van der Waals surface area contributed by atoms with E-state index in [-0.39, 0.29) is 55.5 Å². The van der Waals surface area contributed by atoms with E-state index in [4.69, 9.17) is 4.74 Å². The number of carbonyl (C=O) groups is 6. The van der Waals surface area contributed by atoms with Gasteiger partial charge in [0.1, 0.15) is 12.2 Å². The van der Waals surface area contributed by atoms with Crippen molar-refractivity contribution in [2.75, 3.05) is 44.7 Å². The highest BCUT2D eigenvalue weighted by molar-refractivity contribution is 6.03. The van der Waals surface area contributed by atoms with Crippen LogP contribution in [0.5, 0.6) is 0 Å². The summed E-state index contributed by atoms with van der Waals surface area (Å²) in [5.41, 5.74) is 1.22. The Labute approximate surface area is 234 Å². The number of nitrogens with one attached hydrogen (secondary N) is 4. The van der Waals surface area contributed by atoms with Gasteiger partial charge in [0.2, 0.25) is 23.6 Å². The average molecular weight is 560 g/mol. The van der Waals surface area contributed by atoms with E-state index in [1.807, 2.05) is 6.92 Å². The molecule has 12 nitrogen and oxygen atoms in total. The predicted octanol–water partition coefficient (Wildman–Crippen LogP) is 1.53. The van der Waals surface area contributed by atoms with Crippen LogP contribution in [0.3, 0.4) is 0 Å². The molecule has 2 rings (SSSR count). The van der Waals surface area contributed by atoms with E-state index < -0.39 is 11.8 Å². The first-order valence-electron chi connectivity index (χ1n) is 13.7. The zero-order valence-electron chi connectivity index (χ0n) is 23.4. The lowest BCUT2D eigenvalue weighted by Gasteiger charge is -2.28. The van der Waals surface area contributed by atoms with Gasteiger partial charge in [0.25, 0.3) is 0 Å². The fourth-order valence-electron chi connectivity index (χ4n) is 3.75. The number of ether oxygens (including phenoxy) is 1. The van der Waals surface area contributed by atoms with Gasteiger partial charge in [-0.1, -0.05) is 25.5 Å². The van der Waals surface area contributed by atoms with Gasteiger partial charge in [-0.2, -0.15) is 0 Å². The number of benzene rings is 1. The van der Waals surface area contributed by atoms with Gasteiger partial charge in [0, 0.05) is 50.8 Å². The van der Waals surface area contributed by atoms with Crippen molar-refractivity contribution in [2.45, 2.75) is 58.8 Å². The highest BCUT2D eigenvalue weighted by atomic mass is 16.5. The van der Waals surface area contributed by atoms with Crippen molar-refractivity contribution in [1.29, 1.82) is 0 Å². The minimum atomic E-state index is -0.469. The lowest BCUT2D eigenvalue weighted by molar-refractivity contribution is -0.152. The molecule has 0 bridgehead atoms. The number of amides is 6. The van der Waals surface area contributed by atoms with Crippen LogP contribution in [-0.2, 0) is 35.1 Å². The van der Waals surface area contributed by atoms with Gasteiger partial charge in [-0.3, -0.25) is 28.9 Å². The average Bonchev–Trinajstić information content (AvgIpc) is 2.89. The zero-order chi connectivity index (χ0) is 29.3. The van der Waals surface area contributed by atoms with Crippen molar-refractivity contribution in [1.82, 2.24) is 20.9 Å². The summed E-state index contributed by atoms with van der Waals surface area (Å²) in [4.78, 5) is 71.6. The normalized spacial score (nSPS) is 13.2. The van der Waals surface area contributed by atoms with Crippen molar-refractivity contribution in [3.8, 4) is 0 Å². The summed E-state index contributed by atoms with van der Waals surface area (Å²) in [6, 6.07) is 6.43. The number of carbonyl (C=O) groups excluding carboxylic acids is 6. The molecule has 0 radical (unpaired) electrons. The standard InChI is InChI=1S/C28H41N5O7/c1-20(21(2)34)6-3-4-12-30-28(39)31-13-5-16-40-17-14-29-24(35)19-25(36)32-23-9-7-22(8-10-23)18-27(38)33-15-11-26(33)37/h7-10,20H,3-6,11-19H2,1-2H3,(H,29,35)(H,32,36)(H2,30,31,39). The highest BCUT2D eigenvalue weighted by Crippen LogP contribution is 2.14. The fourth-order valence-corrected chi connectivity index (χ4v) is 3.75. The number of urea groups is 1. The van der Waals surface area contributed by atoms with Gasteiger partial charge in [-0.25, -0.2) is 4.79 Å². The molecule has 0 aliphatic carbocycles. The fraction of sp³-hybridized carbons (Fsp3) is 0.571. The van der Waals surface area contributed by atoms with Crippen LogP contribution in [0.4, 0.5) is 10.5 Å². The number of unbranched alkanes of at least 4 members (excludes halogenated alkanes) is 1.